The van der Waals surface area contributed by atoms with Gasteiger partial charge in [-0.2, -0.15) is 0 Å². The zero-order valence-corrected chi connectivity index (χ0v) is 23.0. The Balaban J connectivity index is 1.08. The normalized spacial score (nSPS) is 31.8. The quantitative estimate of drug-likeness (QED) is 0.389. The molecule has 4 heterocycles. The average molecular weight is 536 g/mol. The summed E-state index contributed by atoms with van der Waals surface area (Å²) in [6.07, 6.45) is 3.59. The van der Waals surface area contributed by atoms with Crippen LogP contribution in [-0.4, -0.2) is 98.6 Å². The van der Waals surface area contributed by atoms with Crippen LogP contribution in [0, 0.1) is 22.2 Å². The van der Waals surface area contributed by atoms with E-state index in [1.165, 1.54) is 12.0 Å². The molecule has 1 spiro atoms. The molecule has 6 rings (SSSR count). The van der Waals surface area contributed by atoms with E-state index >= 15 is 0 Å². The predicted octanol–water partition coefficient (Wildman–Crippen LogP) is 2.32. The zero-order valence-electron chi connectivity index (χ0n) is 23.0. The number of rotatable bonds is 7. The number of ether oxygens (including phenoxy) is 4. The van der Waals surface area contributed by atoms with E-state index in [1.807, 2.05) is 4.90 Å². The van der Waals surface area contributed by atoms with Gasteiger partial charge in [-0.05, 0) is 50.9 Å². The predicted molar refractivity (Wildman–Crippen MR) is 134 cm³/mol. The molecule has 6 fully saturated rings. The molecule has 2 bridgehead atoms. The molecule has 2 saturated carbocycles. The monoisotopic (exact) mass is 535 g/mol. The number of hydrogen-bond donors (Lipinski definition) is 1. The van der Waals surface area contributed by atoms with E-state index in [4.69, 9.17) is 18.9 Å². The lowest BCUT2D eigenvalue weighted by molar-refractivity contribution is -0.159. The number of alkyl carbamates (subject to hydrolysis) is 1. The summed E-state index contributed by atoms with van der Waals surface area (Å²) in [5, 5.41) is 2.46. The minimum atomic E-state index is -1.12. The molecule has 1 N–H and O–H groups in total. The van der Waals surface area contributed by atoms with Gasteiger partial charge in [-0.3, -0.25) is 4.79 Å². The van der Waals surface area contributed by atoms with Crippen molar-refractivity contribution in [1.29, 1.82) is 0 Å². The van der Waals surface area contributed by atoms with Gasteiger partial charge in [0.1, 0.15) is 0 Å². The molecule has 212 valence electrons. The molecule has 11 heteroatoms. The third-order valence-electron chi connectivity index (χ3n) is 9.52. The second-order valence-electron chi connectivity index (χ2n) is 12.9. The summed E-state index contributed by atoms with van der Waals surface area (Å²) in [6.45, 7) is 9.09. The highest BCUT2D eigenvalue weighted by Gasteiger charge is 2.57. The lowest BCUT2D eigenvalue weighted by atomic mass is 9.72. The molecule has 3 atom stereocenters. The molecule has 2 aliphatic carbocycles. The van der Waals surface area contributed by atoms with Crippen LogP contribution in [0.1, 0.15) is 59.3 Å². The maximum absolute atomic E-state index is 12.7. The number of amides is 3. The number of hydrogen-bond acceptors (Lipinski definition) is 8. The summed E-state index contributed by atoms with van der Waals surface area (Å²) in [4.78, 5) is 53.7. The van der Waals surface area contributed by atoms with E-state index in [0.717, 1.165) is 38.5 Å². The standard InChI is InChI=1S/C27H41N3O8/c1-17(36-15-26-7-5-18(6-8-26)37-16-26)20(22(32)35-4)28-23(33)38-24(34)29-10-9-27(12-29)13-30(14-27)21(31)19-11-25(19,2)3/h17-20H,5-16H2,1-4H3,(H,28,33)/t17-,18?,19-,20+,26?/m1/s1. The van der Waals surface area contributed by atoms with Crippen molar-refractivity contribution in [2.24, 2.45) is 22.2 Å². The second kappa shape index (κ2) is 9.97. The van der Waals surface area contributed by atoms with Crippen molar-refractivity contribution in [3.8, 4) is 0 Å². The highest BCUT2D eigenvalue weighted by Crippen LogP contribution is 2.54. The summed E-state index contributed by atoms with van der Waals surface area (Å²) in [6, 6.07) is -1.12. The maximum Gasteiger partial charge on any atom is 0.418 e. The Labute approximate surface area is 223 Å². The van der Waals surface area contributed by atoms with Gasteiger partial charge in [0, 0.05) is 42.9 Å². The smallest absolute Gasteiger partial charge is 0.418 e. The topological polar surface area (TPSA) is 124 Å². The summed E-state index contributed by atoms with van der Waals surface area (Å²) >= 11 is 0. The Bertz CT molecular complexity index is 956. The maximum atomic E-state index is 12.7. The first kappa shape index (κ1) is 27.2. The van der Waals surface area contributed by atoms with Crippen LogP contribution in [0.15, 0.2) is 0 Å². The fraction of sp³-hybridized carbons (Fsp3) is 0.852. The molecule has 0 aromatic heterocycles. The lowest BCUT2D eigenvalue weighted by Gasteiger charge is -2.48. The Morgan fingerprint density at radius 1 is 1.05 bits per heavy atom. The Morgan fingerprint density at radius 3 is 2.29 bits per heavy atom. The van der Waals surface area contributed by atoms with Crippen LogP contribution in [-0.2, 0) is 28.5 Å². The summed E-state index contributed by atoms with van der Waals surface area (Å²) in [5.41, 5.74) is -0.113. The first-order valence-corrected chi connectivity index (χ1v) is 13.8. The van der Waals surface area contributed by atoms with Crippen molar-refractivity contribution >= 4 is 24.1 Å². The molecular formula is C27H41N3O8. The number of methoxy groups -OCH3 is 1. The third kappa shape index (κ3) is 5.36. The molecule has 6 aliphatic rings. The SMILES string of the molecule is COC(=O)[C@@H](NC(=O)OC(=O)N1CCC2(C1)CN(C(=O)[C@H]1CC1(C)C)C2)[C@@H](C)OCC12CCC(CC1)OC2. The zero-order chi connectivity index (χ0) is 27.3. The first-order valence-electron chi connectivity index (χ1n) is 13.8. The van der Waals surface area contributed by atoms with Gasteiger partial charge in [0.15, 0.2) is 6.04 Å². The van der Waals surface area contributed by atoms with Crippen molar-refractivity contribution in [3.05, 3.63) is 0 Å². The van der Waals surface area contributed by atoms with Crippen molar-refractivity contribution in [2.75, 3.05) is 46.5 Å². The Hall–Kier alpha value is -2.40. The molecule has 3 amide bonds. The van der Waals surface area contributed by atoms with Gasteiger partial charge in [0.2, 0.25) is 5.91 Å². The van der Waals surface area contributed by atoms with E-state index < -0.39 is 30.3 Å². The molecule has 4 saturated heterocycles. The first-order chi connectivity index (χ1) is 17.9. The second-order valence-corrected chi connectivity index (χ2v) is 12.9. The number of nitrogens with zero attached hydrogens (tertiary/aromatic N) is 2. The van der Waals surface area contributed by atoms with Crippen LogP contribution < -0.4 is 5.32 Å². The van der Waals surface area contributed by atoms with Crippen LogP contribution >= 0.6 is 0 Å². The van der Waals surface area contributed by atoms with Gasteiger partial charge in [0.05, 0.1) is 32.5 Å². The number of likely N-dealkylation sites (tertiary alicyclic amines) is 2. The van der Waals surface area contributed by atoms with Gasteiger partial charge in [-0.25, -0.2) is 14.4 Å². The molecule has 0 aromatic carbocycles. The Morgan fingerprint density at radius 2 is 1.71 bits per heavy atom. The minimum absolute atomic E-state index is 0.0670. The van der Waals surface area contributed by atoms with E-state index in [9.17, 15) is 19.2 Å². The van der Waals surface area contributed by atoms with Gasteiger partial charge in [-0.1, -0.05) is 13.8 Å². The molecule has 0 unspecified atom stereocenters. The largest absolute Gasteiger partial charge is 0.467 e. The number of esters is 1. The average Bonchev–Trinajstić information content (AvgIpc) is 3.30. The minimum Gasteiger partial charge on any atom is -0.467 e. The van der Waals surface area contributed by atoms with Crippen LogP contribution in [0.2, 0.25) is 0 Å². The molecular weight excluding hydrogens is 494 g/mol. The molecule has 0 aromatic rings. The fourth-order valence-electron chi connectivity index (χ4n) is 6.57. The lowest BCUT2D eigenvalue weighted by Crippen LogP contribution is -2.60. The third-order valence-corrected chi connectivity index (χ3v) is 9.52. The van der Waals surface area contributed by atoms with Crippen LogP contribution in [0.25, 0.3) is 0 Å². The molecule has 4 aliphatic heterocycles. The van der Waals surface area contributed by atoms with E-state index in [2.05, 4.69) is 19.2 Å². The summed E-state index contributed by atoms with van der Waals surface area (Å²) in [7, 11) is 1.23. The van der Waals surface area contributed by atoms with Gasteiger partial charge < -0.3 is 34.1 Å². The number of carbonyl (C=O) groups excluding carboxylic acids is 4. The fourth-order valence-corrected chi connectivity index (χ4v) is 6.57. The van der Waals surface area contributed by atoms with E-state index in [0.29, 0.717) is 45.5 Å². The van der Waals surface area contributed by atoms with Crippen molar-refractivity contribution in [3.63, 3.8) is 0 Å². The highest BCUT2D eigenvalue weighted by atomic mass is 16.6. The van der Waals surface area contributed by atoms with Gasteiger partial charge in [0.25, 0.3) is 0 Å². The molecule has 11 nitrogen and oxygen atoms in total. The summed E-state index contributed by atoms with van der Waals surface area (Å²) < 4.78 is 21.8. The van der Waals surface area contributed by atoms with E-state index in [1.54, 1.807) is 6.92 Å². The van der Waals surface area contributed by atoms with Gasteiger partial charge >= 0.3 is 18.2 Å². The van der Waals surface area contributed by atoms with Crippen LogP contribution in [0.3, 0.4) is 0 Å². The summed E-state index contributed by atoms with van der Waals surface area (Å²) in [5.74, 6) is -0.374. The number of nitrogens with one attached hydrogen (secondary N) is 1. The number of carbonyl (C=O) groups is 4. The van der Waals surface area contributed by atoms with Crippen molar-refractivity contribution in [1.82, 2.24) is 15.1 Å². The highest BCUT2D eigenvalue weighted by molar-refractivity contribution is 5.88. The van der Waals surface area contributed by atoms with Crippen molar-refractivity contribution in [2.45, 2.75) is 77.5 Å². The van der Waals surface area contributed by atoms with Crippen LogP contribution in [0.4, 0.5) is 9.59 Å². The Kier molecular flexibility index (Phi) is 7.13. The van der Waals surface area contributed by atoms with Crippen molar-refractivity contribution < 1.29 is 38.1 Å². The van der Waals surface area contributed by atoms with E-state index in [-0.39, 0.29) is 28.1 Å². The van der Waals surface area contributed by atoms with Crippen LogP contribution in [0.5, 0.6) is 0 Å². The molecule has 0 radical (unpaired) electrons. The van der Waals surface area contributed by atoms with Gasteiger partial charge in [-0.15, -0.1) is 0 Å². The molecule has 38 heavy (non-hydrogen) atoms. The number of fused-ring (bicyclic) bond motifs is 3.